The number of carbonyl (C=O) groups excluding carboxylic acids is 2. The summed E-state index contributed by atoms with van der Waals surface area (Å²) >= 11 is 0. The van der Waals surface area contributed by atoms with Crippen LogP contribution >= 0.6 is 0 Å². The molecular weight excluding hydrogens is 410 g/mol. The van der Waals surface area contributed by atoms with Gasteiger partial charge in [0.1, 0.15) is 17.5 Å². The third-order valence-electron chi connectivity index (χ3n) is 4.97. The van der Waals surface area contributed by atoms with E-state index in [1.165, 1.54) is 0 Å². The van der Waals surface area contributed by atoms with Gasteiger partial charge in [-0.1, -0.05) is 0 Å². The molecule has 11 nitrogen and oxygen atoms in total. The summed E-state index contributed by atoms with van der Waals surface area (Å²) in [4.78, 5) is 44.8. The molecule has 0 aliphatic heterocycles. The molecule has 1 aromatic carbocycles. The van der Waals surface area contributed by atoms with Crippen LogP contribution in [0.25, 0.3) is 28.1 Å². The summed E-state index contributed by atoms with van der Waals surface area (Å²) in [6, 6.07) is 5.37. The normalized spacial score (nSPS) is 13.2. The van der Waals surface area contributed by atoms with Gasteiger partial charge in [-0.05, 0) is 38.0 Å². The lowest BCUT2D eigenvalue weighted by atomic mass is 10.1. The van der Waals surface area contributed by atoms with Crippen molar-refractivity contribution in [1.82, 2.24) is 40.1 Å². The second-order valence-corrected chi connectivity index (χ2v) is 7.45. The quantitative estimate of drug-likeness (QED) is 0.369. The molecule has 0 bridgehead atoms. The van der Waals surface area contributed by atoms with Gasteiger partial charge in [0.05, 0.1) is 5.52 Å². The largest absolute Gasteiger partial charge is 0.348 e. The van der Waals surface area contributed by atoms with E-state index in [4.69, 9.17) is 0 Å². The number of nitrogens with zero attached hydrogens (tertiary/aromatic N) is 5. The summed E-state index contributed by atoms with van der Waals surface area (Å²) in [7, 11) is 0. The molecule has 3 heterocycles. The maximum absolute atomic E-state index is 12.3. The molecule has 3 aromatic heterocycles. The number of aromatic amines is 1. The minimum absolute atomic E-state index is 0.186. The average molecular weight is 431 g/mol. The Hall–Kier alpha value is -4.28. The second kappa shape index (κ2) is 8.10. The SMILES string of the molecule is CCNC(=O)Nc1nc2c(-c3ncccn3)cc(-n3cnc(C(=O)NC4CC4)c3)cc2[nH]1. The van der Waals surface area contributed by atoms with Crippen molar-refractivity contribution in [2.45, 2.75) is 25.8 Å². The van der Waals surface area contributed by atoms with E-state index in [1.807, 2.05) is 19.1 Å². The lowest BCUT2D eigenvalue weighted by Gasteiger charge is -2.06. The van der Waals surface area contributed by atoms with Crippen LogP contribution in [0.15, 0.2) is 43.1 Å². The number of rotatable bonds is 6. The van der Waals surface area contributed by atoms with Crippen molar-refractivity contribution in [3.05, 3.63) is 48.8 Å². The summed E-state index contributed by atoms with van der Waals surface area (Å²) in [5.74, 6) is 0.603. The van der Waals surface area contributed by atoms with E-state index >= 15 is 0 Å². The van der Waals surface area contributed by atoms with Gasteiger partial charge in [0.25, 0.3) is 5.91 Å². The van der Waals surface area contributed by atoms with Crippen LogP contribution in [0.2, 0.25) is 0 Å². The van der Waals surface area contributed by atoms with Crippen molar-refractivity contribution >= 4 is 28.9 Å². The summed E-state index contributed by atoms with van der Waals surface area (Å²) in [5.41, 5.74) is 3.05. The third-order valence-corrected chi connectivity index (χ3v) is 4.97. The first kappa shape index (κ1) is 19.7. The van der Waals surface area contributed by atoms with Crippen LogP contribution in [0.4, 0.5) is 10.7 Å². The highest BCUT2D eigenvalue weighted by molar-refractivity contribution is 5.96. The van der Waals surface area contributed by atoms with E-state index in [0.29, 0.717) is 40.6 Å². The molecule has 32 heavy (non-hydrogen) atoms. The van der Waals surface area contributed by atoms with Crippen molar-refractivity contribution in [3.8, 4) is 17.1 Å². The molecule has 1 aliphatic carbocycles. The zero-order valence-corrected chi connectivity index (χ0v) is 17.3. The van der Waals surface area contributed by atoms with Crippen LogP contribution in [0.1, 0.15) is 30.3 Å². The van der Waals surface area contributed by atoms with Gasteiger partial charge in [0, 0.05) is 42.4 Å². The number of imidazole rings is 2. The Morgan fingerprint density at radius 2 is 2.00 bits per heavy atom. The smallest absolute Gasteiger partial charge is 0.321 e. The molecule has 3 amide bonds. The third kappa shape index (κ3) is 4.00. The number of urea groups is 1. The summed E-state index contributed by atoms with van der Waals surface area (Å²) in [6.07, 6.45) is 8.59. The fourth-order valence-corrected chi connectivity index (χ4v) is 3.30. The van der Waals surface area contributed by atoms with E-state index in [0.717, 1.165) is 18.5 Å². The molecule has 0 atom stereocenters. The molecule has 0 unspecified atom stereocenters. The molecule has 0 radical (unpaired) electrons. The second-order valence-electron chi connectivity index (χ2n) is 7.45. The lowest BCUT2D eigenvalue weighted by molar-refractivity contribution is 0.0946. The van der Waals surface area contributed by atoms with E-state index in [9.17, 15) is 9.59 Å². The van der Waals surface area contributed by atoms with Gasteiger partial charge in [-0.3, -0.25) is 10.1 Å². The van der Waals surface area contributed by atoms with Gasteiger partial charge in [0.15, 0.2) is 5.82 Å². The zero-order chi connectivity index (χ0) is 22.1. The van der Waals surface area contributed by atoms with Crippen LogP contribution in [-0.2, 0) is 0 Å². The summed E-state index contributed by atoms with van der Waals surface area (Å²) in [5, 5.41) is 8.29. The fourth-order valence-electron chi connectivity index (χ4n) is 3.30. The minimum Gasteiger partial charge on any atom is -0.348 e. The first-order chi connectivity index (χ1) is 15.6. The number of anilines is 1. The number of hydrogen-bond acceptors (Lipinski definition) is 6. The van der Waals surface area contributed by atoms with E-state index in [1.54, 1.807) is 35.6 Å². The lowest BCUT2D eigenvalue weighted by Crippen LogP contribution is -2.28. The fraction of sp³-hybridized carbons (Fsp3) is 0.238. The molecule has 1 saturated carbocycles. The number of carbonyl (C=O) groups is 2. The minimum atomic E-state index is -0.356. The number of fused-ring (bicyclic) bond motifs is 1. The number of aromatic nitrogens is 6. The van der Waals surface area contributed by atoms with Gasteiger partial charge >= 0.3 is 6.03 Å². The molecule has 4 N–H and O–H groups in total. The van der Waals surface area contributed by atoms with Gasteiger partial charge < -0.3 is 20.2 Å². The first-order valence-electron chi connectivity index (χ1n) is 10.3. The number of H-pyrrole nitrogens is 1. The van der Waals surface area contributed by atoms with Gasteiger partial charge in [-0.2, -0.15) is 0 Å². The Labute approximate surface area is 182 Å². The highest BCUT2D eigenvalue weighted by Gasteiger charge is 2.25. The van der Waals surface area contributed by atoms with Crippen LogP contribution in [0.5, 0.6) is 0 Å². The average Bonchev–Trinajstić information content (AvgIpc) is 3.30. The summed E-state index contributed by atoms with van der Waals surface area (Å²) in [6.45, 7) is 2.33. The van der Waals surface area contributed by atoms with Crippen molar-refractivity contribution < 1.29 is 9.59 Å². The molecule has 0 saturated heterocycles. The Morgan fingerprint density at radius 3 is 2.75 bits per heavy atom. The molecule has 1 aliphatic rings. The van der Waals surface area contributed by atoms with Gasteiger partial charge in [0.2, 0.25) is 5.95 Å². The van der Waals surface area contributed by atoms with Crippen molar-refractivity contribution in [3.63, 3.8) is 0 Å². The number of amides is 3. The Balaban J connectivity index is 1.55. The number of nitrogens with one attached hydrogen (secondary N) is 4. The van der Waals surface area contributed by atoms with Crippen LogP contribution in [0.3, 0.4) is 0 Å². The molecule has 5 rings (SSSR count). The monoisotopic (exact) mass is 431 g/mol. The molecule has 0 spiro atoms. The predicted octanol–water partition coefficient (Wildman–Crippen LogP) is 2.24. The van der Waals surface area contributed by atoms with Gasteiger partial charge in [-0.15, -0.1) is 0 Å². The topological polar surface area (TPSA) is 143 Å². The van der Waals surface area contributed by atoms with Crippen LogP contribution in [-0.4, -0.2) is 54.0 Å². The van der Waals surface area contributed by atoms with Crippen LogP contribution < -0.4 is 16.0 Å². The molecule has 1 fully saturated rings. The van der Waals surface area contributed by atoms with Crippen molar-refractivity contribution in [1.29, 1.82) is 0 Å². The molecule has 11 heteroatoms. The first-order valence-corrected chi connectivity index (χ1v) is 10.3. The molecule has 162 valence electrons. The number of benzene rings is 1. The Morgan fingerprint density at radius 1 is 1.19 bits per heavy atom. The van der Waals surface area contributed by atoms with E-state index in [-0.39, 0.29) is 18.0 Å². The van der Waals surface area contributed by atoms with Gasteiger partial charge in [-0.25, -0.2) is 24.7 Å². The van der Waals surface area contributed by atoms with Crippen molar-refractivity contribution in [2.24, 2.45) is 0 Å². The van der Waals surface area contributed by atoms with E-state index < -0.39 is 0 Å². The number of hydrogen-bond donors (Lipinski definition) is 4. The molecular formula is C21H21N9O2. The Bertz CT molecular complexity index is 1290. The Kier molecular flexibility index (Phi) is 4.98. The maximum Gasteiger partial charge on any atom is 0.321 e. The zero-order valence-electron chi connectivity index (χ0n) is 17.3. The predicted molar refractivity (Wildman–Crippen MR) is 117 cm³/mol. The highest BCUT2D eigenvalue weighted by Crippen LogP contribution is 2.29. The molecule has 4 aromatic rings. The maximum atomic E-state index is 12.3. The van der Waals surface area contributed by atoms with E-state index in [2.05, 4.69) is 40.9 Å². The standard InChI is InChI=1S/C21H21N9O2/c1-2-22-21(32)29-20-27-15-9-13(8-14(17(15)28-20)18-23-6-3-7-24-18)30-10-16(25-11-30)19(31)26-12-4-5-12/h3,6-12H,2,4-5H2,1H3,(H,26,31)(H3,22,27,28,29,32). The highest BCUT2D eigenvalue weighted by atomic mass is 16.2. The van der Waals surface area contributed by atoms with Crippen molar-refractivity contribution in [2.75, 3.05) is 11.9 Å². The van der Waals surface area contributed by atoms with Crippen LogP contribution in [0, 0.1) is 0 Å². The summed E-state index contributed by atoms with van der Waals surface area (Å²) < 4.78 is 1.76.